The minimum Gasteiger partial charge on any atom is -0.465 e. The molecule has 2 fully saturated rings. The van der Waals surface area contributed by atoms with Gasteiger partial charge in [0, 0.05) is 29.8 Å². The number of aromatic nitrogens is 2. The molecule has 3 heterocycles. The zero-order chi connectivity index (χ0) is 25.8. The molecule has 2 aromatic heterocycles. The lowest BCUT2D eigenvalue weighted by Crippen LogP contribution is -2.24. The Morgan fingerprint density at radius 2 is 1.97 bits per heavy atom. The second-order valence-corrected chi connectivity index (χ2v) is 10.6. The molecule has 0 amide bonds. The van der Waals surface area contributed by atoms with E-state index < -0.39 is 5.97 Å². The summed E-state index contributed by atoms with van der Waals surface area (Å²) >= 11 is 0. The van der Waals surface area contributed by atoms with E-state index in [9.17, 15) is 4.79 Å². The molecule has 3 unspecified atom stereocenters. The Kier molecular flexibility index (Phi) is 8.20. The van der Waals surface area contributed by atoms with Crippen molar-refractivity contribution in [3.05, 3.63) is 64.7 Å². The van der Waals surface area contributed by atoms with Gasteiger partial charge >= 0.3 is 5.97 Å². The minimum absolute atomic E-state index is 0.0479. The number of esters is 1. The first-order valence-electron chi connectivity index (χ1n) is 13.6. The fraction of sp³-hybridized carbons (Fsp3) is 0.533. The predicted octanol–water partition coefficient (Wildman–Crippen LogP) is 6.65. The van der Waals surface area contributed by atoms with Crippen molar-refractivity contribution >= 4 is 17.0 Å². The number of fused-ring (bicyclic) bond motifs is 1. The number of carbonyl (C=O) groups is 1. The Morgan fingerprint density at radius 3 is 2.70 bits per heavy atom. The molecule has 1 aromatic carbocycles. The quantitative estimate of drug-likeness (QED) is 0.328. The second kappa shape index (κ2) is 11.7. The third kappa shape index (κ3) is 6.04. The van der Waals surface area contributed by atoms with Crippen molar-refractivity contribution in [1.82, 2.24) is 9.97 Å². The first kappa shape index (κ1) is 25.9. The van der Waals surface area contributed by atoms with E-state index in [0.717, 1.165) is 67.4 Å². The van der Waals surface area contributed by atoms with Crippen LogP contribution in [0.25, 0.3) is 11.0 Å². The van der Waals surface area contributed by atoms with E-state index >= 15 is 4.39 Å². The number of H-pyrrole nitrogens is 1. The van der Waals surface area contributed by atoms with Crippen LogP contribution in [0.2, 0.25) is 0 Å². The van der Waals surface area contributed by atoms with Crippen LogP contribution in [0.15, 0.2) is 36.5 Å². The molecule has 1 aliphatic carbocycles. The Morgan fingerprint density at radius 1 is 1.16 bits per heavy atom. The smallest absolute Gasteiger partial charge is 0.339 e. The highest BCUT2D eigenvalue weighted by Gasteiger charge is 2.28. The number of aromatic amines is 1. The summed E-state index contributed by atoms with van der Waals surface area (Å²) in [6.07, 6.45) is 9.99. The average Bonchev–Trinajstić information content (AvgIpc) is 3.60. The molecular formula is C30H37FN2O4. The van der Waals surface area contributed by atoms with E-state index in [-0.39, 0.29) is 23.9 Å². The molecular weight excluding hydrogens is 471 g/mol. The third-order valence-corrected chi connectivity index (χ3v) is 8.01. The number of methoxy groups -OCH3 is 1. The number of hydrogen-bond donors (Lipinski definition) is 1. The van der Waals surface area contributed by atoms with Crippen LogP contribution in [0, 0.1) is 11.7 Å². The second-order valence-electron chi connectivity index (χ2n) is 10.6. The maximum atomic E-state index is 15.4. The fourth-order valence-electron chi connectivity index (χ4n) is 5.92. The van der Waals surface area contributed by atoms with Gasteiger partial charge in [0.15, 0.2) is 6.29 Å². The van der Waals surface area contributed by atoms with Crippen molar-refractivity contribution in [2.75, 3.05) is 20.3 Å². The number of nitrogens with one attached hydrogen (secondary N) is 1. The summed E-state index contributed by atoms with van der Waals surface area (Å²) in [5, 5.41) is 0.875. The predicted molar refractivity (Wildman–Crippen MR) is 140 cm³/mol. The molecule has 1 N–H and O–H groups in total. The molecule has 1 saturated carbocycles. The zero-order valence-electron chi connectivity index (χ0n) is 21.8. The van der Waals surface area contributed by atoms with Crippen molar-refractivity contribution in [2.45, 2.75) is 76.4 Å². The molecule has 37 heavy (non-hydrogen) atoms. The summed E-state index contributed by atoms with van der Waals surface area (Å²) in [6.45, 7) is 3.20. The maximum absolute atomic E-state index is 15.4. The molecule has 0 spiro atoms. The van der Waals surface area contributed by atoms with Crippen molar-refractivity contribution < 1.29 is 23.4 Å². The van der Waals surface area contributed by atoms with Gasteiger partial charge in [-0.1, -0.05) is 31.9 Å². The average molecular weight is 509 g/mol. The van der Waals surface area contributed by atoms with Gasteiger partial charge in [0.2, 0.25) is 0 Å². The van der Waals surface area contributed by atoms with Crippen LogP contribution in [0.5, 0.6) is 0 Å². The molecule has 7 heteroatoms. The standard InChI is InChI=1S/C30H37FN2O4/c1-19(18-37-28-9-5-6-12-36-28)25-11-10-21(15-27(25)31)26(20-7-3-4-8-20)16-24-14-22-13-23(30(34)35-2)17-32-29(22)33-24/h10-11,13-15,17,19-20,26,28H,3-9,12,16,18H2,1-2H3,(H,32,33). The van der Waals surface area contributed by atoms with Gasteiger partial charge < -0.3 is 19.2 Å². The molecule has 2 aliphatic rings. The van der Waals surface area contributed by atoms with E-state index in [4.69, 9.17) is 14.2 Å². The van der Waals surface area contributed by atoms with E-state index in [1.54, 1.807) is 12.1 Å². The van der Waals surface area contributed by atoms with Crippen LogP contribution in [0.4, 0.5) is 4.39 Å². The number of pyridine rings is 1. The van der Waals surface area contributed by atoms with Crippen LogP contribution in [-0.2, 0) is 20.6 Å². The summed E-state index contributed by atoms with van der Waals surface area (Å²) in [5.74, 6) is 0.110. The summed E-state index contributed by atoms with van der Waals surface area (Å²) in [5.41, 5.74) is 3.94. The molecule has 5 rings (SSSR count). The SMILES string of the molecule is COC(=O)c1cnc2[nH]c(CC(c3ccc(C(C)COC4CCCCO4)c(F)c3)C3CCCC3)cc2c1. The highest BCUT2D eigenvalue weighted by atomic mass is 19.1. The largest absolute Gasteiger partial charge is 0.465 e. The minimum atomic E-state index is -0.401. The molecule has 0 bridgehead atoms. The molecule has 0 radical (unpaired) electrons. The summed E-state index contributed by atoms with van der Waals surface area (Å²) < 4.78 is 31.8. The van der Waals surface area contributed by atoms with E-state index in [1.807, 2.05) is 19.1 Å². The number of hydrogen-bond acceptors (Lipinski definition) is 5. The number of ether oxygens (including phenoxy) is 3. The summed E-state index contributed by atoms with van der Waals surface area (Å²) in [7, 11) is 1.37. The molecule has 3 atom stereocenters. The highest BCUT2D eigenvalue weighted by Crippen LogP contribution is 2.40. The van der Waals surface area contributed by atoms with Gasteiger partial charge in [-0.25, -0.2) is 14.2 Å². The van der Waals surface area contributed by atoms with Crippen molar-refractivity contribution in [2.24, 2.45) is 5.92 Å². The van der Waals surface area contributed by atoms with Gasteiger partial charge in [-0.3, -0.25) is 0 Å². The normalized spacial score (nSPS) is 20.2. The maximum Gasteiger partial charge on any atom is 0.339 e. The van der Waals surface area contributed by atoms with E-state index in [1.165, 1.54) is 26.1 Å². The Hall–Kier alpha value is -2.77. The lowest BCUT2D eigenvalue weighted by Gasteiger charge is -2.26. The van der Waals surface area contributed by atoms with Gasteiger partial charge in [-0.05, 0) is 79.7 Å². The summed E-state index contributed by atoms with van der Waals surface area (Å²) in [4.78, 5) is 19.7. The number of nitrogens with zero attached hydrogens (tertiary/aromatic N) is 1. The van der Waals surface area contributed by atoms with Gasteiger partial charge in [-0.15, -0.1) is 0 Å². The lowest BCUT2D eigenvalue weighted by atomic mass is 9.81. The summed E-state index contributed by atoms with van der Waals surface area (Å²) in [6, 6.07) is 9.63. The monoisotopic (exact) mass is 508 g/mol. The molecule has 3 aromatic rings. The van der Waals surface area contributed by atoms with Gasteiger partial charge in [0.05, 0.1) is 19.3 Å². The van der Waals surface area contributed by atoms with Gasteiger partial charge in [0.1, 0.15) is 11.5 Å². The number of carbonyl (C=O) groups excluding carboxylic acids is 1. The number of halogens is 1. The number of benzene rings is 1. The molecule has 198 valence electrons. The first-order valence-corrected chi connectivity index (χ1v) is 13.6. The van der Waals surface area contributed by atoms with E-state index in [0.29, 0.717) is 23.7 Å². The Bertz CT molecular complexity index is 1210. The van der Waals surface area contributed by atoms with Crippen molar-refractivity contribution in [3.8, 4) is 0 Å². The Balaban J connectivity index is 1.33. The first-order chi connectivity index (χ1) is 18.0. The van der Waals surface area contributed by atoms with Crippen LogP contribution >= 0.6 is 0 Å². The van der Waals surface area contributed by atoms with Gasteiger partial charge in [0.25, 0.3) is 0 Å². The highest BCUT2D eigenvalue weighted by molar-refractivity contribution is 5.93. The molecule has 6 nitrogen and oxygen atoms in total. The lowest BCUT2D eigenvalue weighted by molar-refractivity contribution is -0.164. The van der Waals surface area contributed by atoms with Crippen molar-refractivity contribution in [1.29, 1.82) is 0 Å². The fourth-order valence-corrected chi connectivity index (χ4v) is 5.92. The van der Waals surface area contributed by atoms with Crippen LogP contribution in [0.1, 0.15) is 90.9 Å². The zero-order valence-corrected chi connectivity index (χ0v) is 21.8. The topological polar surface area (TPSA) is 73.4 Å². The number of rotatable bonds is 9. The van der Waals surface area contributed by atoms with Crippen LogP contribution in [-0.4, -0.2) is 42.6 Å². The third-order valence-electron chi connectivity index (χ3n) is 8.01. The molecule has 1 aliphatic heterocycles. The van der Waals surface area contributed by atoms with Crippen LogP contribution < -0.4 is 0 Å². The van der Waals surface area contributed by atoms with Crippen LogP contribution in [0.3, 0.4) is 0 Å². The van der Waals surface area contributed by atoms with Gasteiger partial charge in [-0.2, -0.15) is 0 Å². The van der Waals surface area contributed by atoms with E-state index in [2.05, 4.69) is 16.0 Å². The molecule has 1 saturated heterocycles. The Labute approximate surface area is 217 Å². The van der Waals surface area contributed by atoms with Crippen molar-refractivity contribution in [3.63, 3.8) is 0 Å².